The summed E-state index contributed by atoms with van der Waals surface area (Å²) in [5.74, 6) is 1.11. The number of hydrogen-bond acceptors (Lipinski definition) is 5. The van der Waals surface area contributed by atoms with Gasteiger partial charge in [0.15, 0.2) is 18.1 Å². The minimum Gasteiger partial charge on any atom is -0.493 e. The summed E-state index contributed by atoms with van der Waals surface area (Å²) in [4.78, 5) is 12.1. The maximum Gasteiger partial charge on any atom is 0.262 e. The van der Waals surface area contributed by atoms with Crippen LogP contribution in [0.1, 0.15) is 11.1 Å². The molecule has 6 nitrogen and oxygen atoms in total. The zero-order valence-corrected chi connectivity index (χ0v) is 19.4. The van der Waals surface area contributed by atoms with Crippen molar-refractivity contribution in [2.45, 2.75) is 0 Å². The van der Waals surface area contributed by atoms with Crippen LogP contribution >= 0.6 is 23.2 Å². The van der Waals surface area contributed by atoms with Crippen LogP contribution < -0.4 is 19.5 Å². The number of anilines is 1. The van der Waals surface area contributed by atoms with Crippen LogP contribution in [0.3, 0.4) is 0 Å². The van der Waals surface area contributed by atoms with E-state index in [0.717, 1.165) is 0 Å². The predicted molar refractivity (Wildman–Crippen MR) is 130 cm³/mol. The number of amides is 1. The first-order chi connectivity index (χ1) is 15.9. The fourth-order valence-electron chi connectivity index (χ4n) is 2.95. The second kappa shape index (κ2) is 11.3. The van der Waals surface area contributed by atoms with E-state index in [1.165, 1.54) is 7.11 Å². The van der Waals surface area contributed by atoms with Crippen molar-refractivity contribution in [1.29, 1.82) is 5.26 Å². The molecule has 8 heteroatoms. The molecule has 0 bridgehead atoms. The van der Waals surface area contributed by atoms with Crippen LogP contribution in [0.4, 0.5) is 5.69 Å². The molecule has 3 aromatic rings. The van der Waals surface area contributed by atoms with Crippen molar-refractivity contribution in [1.82, 2.24) is 0 Å². The molecule has 3 aromatic carbocycles. The molecule has 0 aromatic heterocycles. The minimum atomic E-state index is -0.336. The van der Waals surface area contributed by atoms with Crippen LogP contribution in [0.15, 0.2) is 60.7 Å². The first kappa shape index (κ1) is 24.0. The Morgan fingerprint density at radius 1 is 0.970 bits per heavy atom. The molecule has 168 valence electrons. The van der Waals surface area contributed by atoms with E-state index in [9.17, 15) is 10.1 Å². The normalized spacial score (nSPS) is 10.8. The zero-order valence-electron chi connectivity index (χ0n) is 17.9. The molecule has 0 atom stereocenters. The summed E-state index contributed by atoms with van der Waals surface area (Å²) in [6.07, 6.45) is 1.70. The number of ether oxygens (including phenoxy) is 3. The lowest BCUT2D eigenvalue weighted by Gasteiger charge is -2.10. The van der Waals surface area contributed by atoms with Crippen molar-refractivity contribution in [3.63, 3.8) is 0 Å². The fraction of sp³-hybridized carbons (Fsp3) is 0.120. The van der Waals surface area contributed by atoms with Crippen molar-refractivity contribution in [2.75, 3.05) is 26.1 Å². The second-order valence-electron chi connectivity index (χ2n) is 6.77. The number of carbonyl (C=O) groups is 1. The van der Waals surface area contributed by atoms with Crippen molar-refractivity contribution >= 4 is 46.4 Å². The van der Waals surface area contributed by atoms with Gasteiger partial charge in [0.25, 0.3) is 5.91 Å². The van der Waals surface area contributed by atoms with Gasteiger partial charge in [0.2, 0.25) is 0 Å². The SMILES string of the molecule is COc1ccc(/C(C#N)=C/c2ccc(OCC(=O)Nc3ccc(Cl)cc3)c(Cl)c2)cc1OC. The molecule has 0 aliphatic heterocycles. The van der Waals surface area contributed by atoms with Gasteiger partial charge < -0.3 is 19.5 Å². The minimum absolute atomic E-state index is 0.216. The molecule has 0 unspecified atom stereocenters. The van der Waals surface area contributed by atoms with Crippen molar-refractivity contribution in [3.8, 4) is 23.3 Å². The molecule has 33 heavy (non-hydrogen) atoms. The number of hydrogen-bond donors (Lipinski definition) is 1. The maximum atomic E-state index is 12.1. The summed E-state index contributed by atoms with van der Waals surface area (Å²) in [6.45, 7) is -0.216. The lowest BCUT2D eigenvalue weighted by Crippen LogP contribution is -2.20. The summed E-state index contributed by atoms with van der Waals surface area (Å²) in [6, 6.07) is 19.2. The lowest BCUT2D eigenvalue weighted by molar-refractivity contribution is -0.118. The Morgan fingerprint density at radius 3 is 2.30 bits per heavy atom. The highest BCUT2D eigenvalue weighted by Crippen LogP contribution is 2.32. The molecular weight excluding hydrogens is 463 g/mol. The van der Waals surface area contributed by atoms with Crippen molar-refractivity contribution < 1.29 is 19.0 Å². The molecule has 1 N–H and O–H groups in total. The predicted octanol–water partition coefficient (Wildman–Crippen LogP) is 6.09. The molecule has 3 rings (SSSR count). The fourth-order valence-corrected chi connectivity index (χ4v) is 3.32. The first-order valence-electron chi connectivity index (χ1n) is 9.75. The average molecular weight is 483 g/mol. The monoisotopic (exact) mass is 482 g/mol. The lowest BCUT2D eigenvalue weighted by atomic mass is 10.0. The topological polar surface area (TPSA) is 80.6 Å². The van der Waals surface area contributed by atoms with Gasteiger partial charge in [-0.3, -0.25) is 4.79 Å². The molecular formula is C25H20Cl2N2O4. The van der Waals surface area contributed by atoms with Gasteiger partial charge in [0, 0.05) is 10.7 Å². The summed E-state index contributed by atoms with van der Waals surface area (Å²) in [5, 5.41) is 13.2. The number of methoxy groups -OCH3 is 2. The summed E-state index contributed by atoms with van der Waals surface area (Å²) in [5.41, 5.74) is 2.40. The quantitative estimate of drug-likeness (QED) is 0.310. The standard InChI is InChI=1S/C25H20Cl2N2O4/c1-31-23-10-4-17(13-24(23)32-2)18(14-28)11-16-3-9-22(21(27)12-16)33-15-25(30)29-20-7-5-19(26)6-8-20/h3-13H,15H2,1-2H3,(H,29,30)/b18-11+. The number of allylic oxidation sites excluding steroid dienone is 1. The van der Waals surface area contributed by atoms with E-state index in [1.807, 2.05) is 0 Å². The Morgan fingerprint density at radius 2 is 1.67 bits per heavy atom. The van der Waals surface area contributed by atoms with Gasteiger partial charge in [0.05, 0.1) is 30.9 Å². The third kappa shape index (κ3) is 6.42. The zero-order chi connectivity index (χ0) is 23.8. The van der Waals surface area contributed by atoms with Gasteiger partial charge in [0.1, 0.15) is 5.75 Å². The van der Waals surface area contributed by atoms with Gasteiger partial charge >= 0.3 is 0 Å². The highest BCUT2D eigenvalue weighted by Gasteiger charge is 2.10. The summed E-state index contributed by atoms with van der Waals surface area (Å²) >= 11 is 12.2. The van der Waals surface area contributed by atoms with Gasteiger partial charge in [-0.15, -0.1) is 0 Å². The van der Waals surface area contributed by atoms with E-state index in [4.69, 9.17) is 37.4 Å². The number of nitrogens with zero attached hydrogens (tertiary/aromatic N) is 1. The van der Waals surface area contributed by atoms with E-state index in [-0.39, 0.29) is 12.5 Å². The molecule has 0 saturated heterocycles. The average Bonchev–Trinajstić information content (AvgIpc) is 2.83. The third-order valence-corrected chi connectivity index (χ3v) is 5.12. The van der Waals surface area contributed by atoms with Crippen LogP contribution in [-0.2, 0) is 4.79 Å². The first-order valence-corrected chi connectivity index (χ1v) is 10.5. The number of carbonyl (C=O) groups excluding carboxylic acids is 1. The molecule has 0 aliphatic rings. The number of nitriles is 1. The Bertz CT molecular complexity index is 1220. The van der Waals surface area contributed by atoms with Gasteiger partial charge in [-0.1, -0.05) is 29.3 Å². The van der Waals surface area contributed by atoms with Crippen LogP contribution in [0.5, 0.6) is 17.2 Å². The van der Waals surface area contributed by atoms with E-state index < -0.39 is 0 Å². The molecule has 0 fully saturated rings. The molecule has 0 aliphatic carbocycles. The summed E-state index contributed by atoms with van der Waals surface area (Å²) < 4.78 is 16.1. The number of benzene rings is 3. The van der Waals surface area contributed by atoms with Gasteiger partial charge in [-0.2, -0.15) is 5.26 Å². The highest BCUT2D eigenvalue weighted by atomic mass is 35.5. The largest absolute Gasteiger partial charge is 0.493 e. The number of nitrogens with one attached hydrogen (secondary N) is 1. The molecule has 0 heterocycles. The number of rotatable bonds is 8. The number of halogens is 2. The summed E-state index contributed by atoms with van der Waals surface area (Å²) in [7, 11) is 3.08. The molecule has 0 saturated carbocycles. The Hall–Kier alpha value is -3.66. The Labute approximate surface area is 201 Å². The van der Waals surface area contributed by atoms with Crippen LogP contribution in [-0.4, -0.2) is 26.7 Å². The van der Waals surface area contributed by atoms with Crippen LogP contribution in [0.2, 0.25) is 10.0 Å². The van der Waals surface area contributed by atoms with Gasteiger partial charge in [-0.05, 0) is 71.8 Å². The van der Waals surface area contributed by atoms with Gasteiger partial charge in [-0.25, -0.2) is 0 Å². The van der Waals surface area contributed by atoms with E-state index in [1.54, 1.807) is 73.8 Å². The maximum absolute atomic E-state index is 12.1. The molecule has 0 spiro atoms. The molecule has 1 amide bonds. The Kier molecular flexibility index (Phi) is 8.20. The Balaban J connectivity index is 1.70. The van der Waals surface area contributed by atoms with Crippen molar-refractivity contribution in [2.24, 2.45) is 0 Å². The van der Waals surface area contributed by atoms with E-state index in [2.05, 4.69) is 11.4 Å². The second-order valence-corrected chi connectivity index (χ2v) is 7.62. The van der Waals surface area contributed by atoms with Crippen LogP contribution in [0, 0.1) is 11.3 Å². The highest BCUT2D eigenvalue weighted by molar-refractivity contribution is 6.32. The van der Waals surface area contributed by atoms with Crippen molar-refractivity contribution in [3.05, 3.63) is 81.8 Å². The molecule has 0 radical (unpaired) electrons. The van der Waals surface area contributed by atoms with Crippen LogP contribution in [0.25, 0.3) is 11.6 Å². The smallest absolute Gasteiger partial charge is 0.262 e. The van der Waals surface area contributed by atoms with E-state index >= 15 is 0 Å². The van der Waals surface area contributed by atoms with E-state index in [0.29, 0.717) is 49.7 Å². The third-order valence-electron chi connectivity index (χ3n) is 4.57.